The first-order valence-corrected chi connectivity index (χ1v) is 11.6. The molecule has 6 nitrogen and oxygen atoms in total. The van der Waals surface area contributed by atoms with Crippen LogP contribution >= 0.6 is 0 Å². The molecular formula is C28H29N3O3. The summed E-state index contributed by atoms with van der Waals surface area (Å²) in [6, 6.07) is 21.9. The summed E-state index contributed by atoms with van der Waals surface area (Å²) in [6.45, 7) is 5.97. The number of amides is 1. The minimum Gasteiger partial charge on any atom is -0.497 e. The van der Waals surface area contributed by atoms with E-state index < -0.39 is 0 Å². The van der Waals surface area contributed by atoms with Crippen LogP contribution in [0.3, 0.4) is 0 Å². The van der Waals surface area contributed by atoms with Crippen molar-refractivity contribution >= 4 is 22.6 Å². The van der Waals surface area contributed by atoms with Crippen molar-refractivity contribution in [3.8, 4) is 11.5 Å². The fraction of sp³-hybridized carbons (Fsp3) is 0.286. The maximum atomic E-state index is 12.9. The molecule has 0 radical (unpaired) electrons. The molecule has 1 atom stereocenters. The van der Waals surface area contributed by atoms with Crippen molar-refractivity contribution in [2.45, 2.75) is 32.7 Å². The Balaban J connectivity index is 1.39. The summed E-state index contributed by atoms with van der Waals surface area (Å²) in [5, 5.41) is 0. The summed E-state index contributed by atoms with van der Waals surface area (Å²) < 4.78 is 13.6. The highest BCUT2D eigenvalue weighted by atomic mass is 16.5. The van der Waals surface area contributed by atoms with Gasteiger partial charge in [-0.15, -0.1) is 0 Å². The van der Waals surface area contributed by atoms with E-state index in [2.05, 4.69) is 30.5 Å². The maximum Gasteiger partial charge on any atom is 0.227 e. The number of hydrogen-bond donors (Lipinski definition) is 0. The molecule has 5 rings (SSSR count). The van der Waals surface area contributed by atoms with E-state index in [0.717, 1.165) is 39.6 Å². The van der Waals surface area contributed by atoms with E-state index in [4.69, 9.17) is 14.5 Å². The number of anilines is 1. The third kappa shape index (κ3) is 4.12. The van der Waals surface area contributed by atoms with E-state index in [9.17, 15) is 4.79 Å². The number of benzene rings is 3. The van der Waals surface area contributed by atoms with Gasteiger partial charge in [0.15, 0.2) is 0 Å². The molecule has 0 spiro atoms. The molecule has 1 fully saturated rings. The van der Waals surface area contributed by atoms with Crippen molar-refractivity contribution in [2.24, 2.45) is 0 Å². The predicted molar refractivity (Wildman–Crippen MR) is 134 cm³/mol. The van der Waals surface area contributed by atoms with E-state index >= 15 is 0 Å². The van der Waals surface area contributed by atoms with E-state index in [0.29, 0.717) is 26.1 Å². The number of para-hydroxylation sites is 2. The minimum atomic E-state index is 0.0164. The molecule has 2 heterocycles. The van der Waals surface area contributed by atoms with Crippen LogP contribution in [0.25, 0.3) is 11.0 Å². The minimum absolute atomic E-state index is 0.0164. The van der Waals surface area contributed by atoms with Gasteiger partial charge < -0.3 is 18.9 Å². The number of carbonyl (C=O) groups is 1. The molecule has 34 heavy (non-hydrogen) atoms. The molecule has 0 unspecified atom stereocenters. The van der Waals surface area contributed by atoms with Crippen LogP contribution in [0.5, 0.6) is 11.5 Å². The molecular weight excluding hydrogens is 426 g/mol. The van der Waals surface area contributed by atoms with Crippen molar-refractivity contribution in [2.75, 3.05) is 25.2 Å². The van der Waals surface area contributed by atoms with Gasteiger partial charge in [0.05, 0.1) is 24.7 Å². The monoisotopic (exact) mass is 455 g/mol. The highest BCUT2D eigenvalue weighted by Gasteiger charge is 2.34. The van der Waals surface area contributed by atoms with Gasteiger partial charge in [-0.05, 0) is 67.4 Å². The zero-order valence-electron chi connectivity index (χ0n) is 19.8. The number of rotatable bonds is 7. The average molecular weight is 456 g/mol. The lowest BCUT2D eigenvalue weighted by atomic mass is 10.1. The van der Waals surface area contributed by atoms with Gasteiger partial charge in [0.2, 0.25) is 5.91 Å². The number of ether oxygens (including phenoxy) is 2. The molecule has 1 amide bonds. The van der Waals surface area contributed by atoms with Crippen LogP contribution in [-0.4, -0.2) is 35.7 Å². The Kier molecular flexibility index (Phi) is 5.97. The number of aryl methyl sites for hydroxylation is 1. The van der Waals surface area contributed by atoms with Crippen LogP contribution < -0.4 is 14.4 Å². The van der Waals surface area contributed by atoms with Gasteiger partial charge in [0, 0.05) is 24.6 Å². The zero-order chi connectivity index (χ0) is 23.7. The van der Waals surface area contributed by atoms with Crippen molar-refractivity contribution < 1.29 is 14.3 Å². The van der Waals surface area contributed by atoms with Gasteiger partial charge in [0.1, 0.15) is 23.9 Å². The number of nitrogens with zero attached hydrogens (tertiary/aromatic N) is 3. The number of carbonyl (C=O) groups excluding carboxylic acids is 1. The van der Waals surface area contributed by atoms with Crippen molar-refractivity contribution in [3.63, 3.8) is 0 Å². The second-order valence-electron chi connectivity index (χ2n) is 8.76. The number of aromatic nitrogens is 2. The number of methoxy groups -OCH3 is 1. The molecule has 1 aliphatic heterocycles. The quantitative estimate of drug-likeness (QED) is 0.381. The second-order valence-corrected chi connectivity index (χ2v) is 8.76. The van der Waals surface area contributed by atoms with Crippen LogP contribution in [0.15, 0.2) is 66.7 Å². The Morgan fingerprint density at radius 1 is 1.00 bits per heavy atom. The van der Waals surface area contributed by atoms with Crippen LogP contribution in [0.1, 0.15) is 29.3 Å². The highest BCUT2D eigenvalue weighted by Crippen LogP contribution is 2.34. The average Bonchev–Trinajstić information content (AvgIpc) is 3.42. The molecule has 0 bridgehead atoms. The lowest BCUT2D eigenvalue weighted by Gasteiger charge is -2.18. The summed E-state index contributed by atoms with van der Waals surface area (Å²) in [5.41, 5.74) is 5.27. The molecule has 3 aromatic carbocycles. The number of imidazole rings is 1. The zero-order valence-corrected chi connectivity index (χ0v) is 19.8. The first-order valence-electron chi connectivity index (χ1n) is 11.6. The molecule has 0 N–H and O–H groups in total. The Hall–Kier alpha value is -3.80. The van der Waals surface area contributed by atoms with E-state index in [1.165, 1.54) is 5.56 Å². The Morgan fingerprint density at radius 3 is 2.59 bits per heavy atom. The highest BCUT2D eigenvalue weighted by molar-refractivity contribution is 5.96. The molecule has 1 aromatic heterocycles. The fourth-order valence-corrected chi connectivity index (χ4v) is 4.66. The molecule has 0 aliphatic carbocycles. The summed E-state index contributed by atoms with van der Waals surface area (Å²) in [6.07, 6.45) is 0.438. The van der Waals surface area contributed by atoms with Crippen molar-refractivity contribution in [3.05, 3.63) is 83.7 Å². The van der Waals surface area contributed by atoms with E-state index in [1.54, 1.807) is 7.11 Å². The SMILES string of the molecule is COc1ccc(N2C[C@H](c3nc4ccccc4n3CCOc3cccc(C)c3C)CC2=O)cc1. The predicted octanol–water partition coefficient (Wildman–Crippen LogP) is 5.26. The molecule has 4 aromatic rings. The van der Waals surface area contributed by atoms with Crippen LogP contribution in [0.2, 0.25) is 0 Å². The number of hydrogen-bond acceptors (Lipinski definition) is 4. The van der Waals surface area contributed by atoms with Gasteiger partial charge in [-0.3, -0.25) is 4.79 Å². The molecule has 1 saturated heterocycles. The Bertz CT molecular complexity index is 1330. The topological polar surface area (TPSA) is 56.6 Å². The summed E-state index contributed by atoms with van der Waals surface area (Å²) >= 11 is 0. The van der Waals surface area contributed by atoms with Crippen LogP contribution in [-0.2, 0) is 11.3 Å². The van der Waals surface area contributed by atoms with Gasteiger partial charge in [-0.1, -0.05) is 24.3 Å². The van der Waals surface area contributed by atoms with Crippen LogP contribution in [0.4, 0.5) is 5.69 Å². The summed E-state index contributed by atoms with van der Waals surface area (Å²) in [4.78, 5) is 19.7. The second kappa shape index (κ2) is 9.21. The van der Waals surface area contributed by atoms with Gasteiger partial charge in [-0.25, -0.2) is 4.98 Å². The molecule has 1 aliphatic rings. The maximum absolute atomic E-state index is 12.9. The first kappa shape index (κ1) is 22.0. The van der Waals surface area contributed by atoms with E-state index in [-0.39, 0.29) is 11.8 Å². The summed E-state index contributed by atoms with van der Waals surface area (Å²) in [5.74, 6) is 2.75. The first-order chi connectivity index (χ1) is 16.5. The summed E-state index contributed by atoms with van der Waals surface area (Å²) in [7, 11) is 1.64. The largest absolute Gasteiger partial charge is 0.497 e. The van der Waals surface area contributed by atoms with Gasteiger partial charge in [0.25, 0.3) is 0 Å². The van der Waals surface area contributed by atoms with Gasteiger partial charge >= 0.3 is 0 Å². The lowest BCUT2D eigenvalue weighted by molar-refractivity contribution is -0.117. The van der Waals surface area contributed by atoms with Crippen molar-refractivity contribution in [1.29, 1.82) is 0 Å². The smallest absolute Gasteiger partial charge is 0.227 e. The molecule has 0 saturated carbocycles. The molecule has 6 heteroatoms. The standard InChI is InChI=1S/C28H29N3O3/c1-19-7-6-10-26(20(19)2)34-16-15-30-25-9-5-4-8-24(25)29-28(30)21-17-27(32)31(18-21)22-11-13-23(33-3)14-12-22/h4-14,21H,15-18H2,1-3H3/t21-/m1/s1. The molecule has 174 valence electrons. The lowest BCUT2D eigenvalue weighted by Crippen LogP contribution is -2.24. The van der Waals surface area contributed by atoms with Gasteiger partial charge in [-0.2, -0.15) is 0 Å². The third-order valence-corrected chi connectivity index (χ3v) is 6.69. The third-order valence-electron chi connectivity index (χ3n) is 6.69. The fourth-order valence-electron chi connectivity index (χ4n) is 4.66. The Morgan fingerprint density at radius 2 is 1.79 bits per heavy atom. The van der Waals surface area contributed by atoms with E-state index in [1.807, 2.05) is 59.5 Å². The number of fused-ring (bicyclic) bond motifs is 1. The van der Waals surface area contributed by atoms with Crippen molar-refractivity contribution in [1.82, 2.24) is 9.55 Å². The van der Waals surface area contributed by atoms with Crippen LogP contribution in [0, 0.1) is 13.8 Å². The normalized spacial score (nSPS) is 15.8. The Labute approximate surface area is 199 Å².